The predicted molar refractivity (Wildman–Crippen MR) is 126 cm³/mol. The van der Waals surface area contributed by atoms with Crippen LogP contribution in [0.5, 0.6) is 0 Å². The maximum Gasteiger partial charge on any atom is 0.340 e. The van der Waals surface area contributed by atoms with Gasteiger partial charge in [-0.2, -0.15) is 0 Å². The number of rotatable bonds is 6. The molecular weight excluding hydrogens is 446 g/mol. The first-order valence-electron chi connectivity index (χ1n) is 10.4. The standard InChI is InChI=1S/C25H22ClNO6/c1-12(2)23(24(29)30)27-22(28)9-17-13(3)16-8-18-19(14-4-6-15(26)7-5-14)11-32-20(18)10-21(16)33-25(17)31/h4-8,10-12,23H,9H2,1-3H3,(H,27,28)(H,29,30). The van der Waals surface area contributed by atoms with Gasteiger partial charge in [0.25, 0.3) is 0 Å². The lowest BCUT2D eigenvalue weighted by atomic mass is 9.99. The first-order chi connectivity index (χ1) is 15.7. The number of carbonyl (C=O) groups is 2. The summed E-state index contributed by atoms with van der Waals surface area (Å²) in [5, 5.41) is 13.9. The van der Waals surface area contributed by atoms with E-state index in [4.69, 9.17) is 20.4 Å². The highest BCUT2D eigenvalue weighted by molar-refractivity contribution is 6.30. The molecule has 1 atom stereocenters. The van der Waals surface area contributed by atoms with E-state index in [1.807, 2.05) is 18.2 Å². The molecule has 33 heavy (non-hydrogen) atoms. The number of benzene rings is 2. The molecule has 170 valence electrons. The molecule has 2 aromatic heterocycles. The van der Waals surface area contributed by atoms with E-state index in [0.29, 0.717) is 27.1 Å². The van der Waals surface area contributed by atoms with Gasteiger partial charge in [0, 0.05) is 27.4 Å². The van der Waals surface area contributed by atoms with Gasteiger partial charge >= 0.3 is 11.6 Å². The van der Waals surface area contributed by atoms with Crippen LogP contribution in [0.25, 0.3) is 33.1 Å². The van der Waals surface area contributed by atoms with Gasteiger partial charge in [0.15, 0.2) is 0 Å². The third-order valence-electron chi connectivity index (χ3n) is 5.72. The number of hydrogen-bond acceptors (Lipinski definition) is 5. The number of furan rings is 1. The lowest BCUT2D eigenvalue weighted by molar-refractivity contribution is -0.143. The number of aryl methyl sites for hydroxylation is 1. The number of halogens is 1. The van der Waals surface area contributed by atoms with Crippen molar-refractivity contribution < 1.29 is 23.5 Å². The number of amides is 1. The average Bonchev–Trinajstić information content (AvgIpc) is 3.16. The molecule has 0 saturated heterocycles. The predicted octanol–water partition coefficient (Wildman–Crippen LogP) is 4.94. The molecule has 0 aliphatic heterocycles. The molecule has 4 aromatic rings. The summed E-state index contributed by atoms with van der Waals surface area (Å²) in [4.78, 5) is 36.6. The molecule has 2 aromatic carbocycles. The molecule has 0 aliphatic rings. The van der Waals surface area contributed by atoms with Gasteiger partial charge < -0.3 is 19.3 Å². The summed E-state index contributed by atoms with van der Waals surface area (Å²) in [5.74, 6) is -1.99. The number of nitrogens with one attached hydrogen (secondary N) is 1. The molecular formula is C25H22ClNO6. The van der Waals surface area contributed by atoms with Crippen LogP contribution in [0.4, 0.5) is 0 Å². The minimum Gasteiger partial charge on any atom is -0.480 e. The second-order valence-electron chi connectivity index (χ2n) is 8.30. The van der Waals surface area contributed by atoms with Crippen molar-refractivity contribution in [3.8, 4) is 11.1 Å². The Bertz CT molecular complexity index is 1430. The van der Waals surface area contributed by atoms with E-state index < -0.39 is 23.5 Å². The molecule has 1 amide bonds. The highest BCUT2D eigenvalue weighted by atomic mass is 35.5. The van der Waals surface area contributed by atoms with Crippen molar-refractivity contribution in [2.75, 3.05) is 0 Å². The van der Waals surface area contributed by atoms with E-state index in [-0.39, 0.29) is 17.9 Å². The number of carboxylic acids is 1. The maximum atomic E-state index is 12.6. The summed E-state index contributed by atoms with van der Waals surface area (Å²) in [6, 6.07) is 9.83. The lowest BCUT2D eigenvalue weighted by Gasteiger charge is -2.18. The van der Waals surface area contributed by atoms with E-state index in [0.717, 1.165) is 16.5 Å². The zero-order valence-electron chi connectivity index (χ0n) is 18.3. The highest BCUT2D eigenvalue weighted by Gasteiger charge is 2.25. The van der Waals surface area contributed by atoms with Crippen LogP contribution in [0.15, 0.2) is 56.3 Å². The third-order valence-corrected chi connectivity index (χ3v) is 5.98. The zero-order valence-corrected chi connectivity index (χ0v) is 19.0. The van der Waals surface area contributed by atoms with Crippen LogP contribution >= 0.6 is 11.6 Å². The molecule has 0 spiro atoms. The van der Waals surface area contributed by atoms with Crippen LogP contribution in [0, 0.1) is 12.8 Å². The monoisotopic (exact) mass is 467 g/mol. The van der Waals surface area contributed by atoms with Gasteiger partial charge in [0.1, 0.15) is 17.2 Å². The molecule has 0 saturated carbocycles. The van der Waals surface area contributed by atoms with E-state index >= 15 is 0 Å². The number of aliphatic carboxylic acids is 1. The van der Waals surface area contributed by atoms with Crippen LogP contribution in [0.2, 0.25) is 5.02 Å². The fourth-order valence-electron chi connectivity index (χ4n) is 3.87. The van der Waals surface area contributed by atoms with Crippen LogP contribution in [0.3, 0.4) is 0 Å². The summed E-state index contributed by atoms with van der Waals surface area (Å²) in [6.07, 6.45) is 1.35. The Morgan fingerprint density at radius 1 is 1.09 bits per heavy atom. The van der Waals surface area contributed by atoms with Crippen LogP contribution in [-0.2, 0) is 16.0 Å². The summed E-state index contributed by atoms with van der Waals surface area (Å²) < 4.78 is 11.2. The Kier molecular flexibility index (Phi) is 5.99. The third kappa shape index (κ3) is 4.36. The molecule has 2 heterocycles. The number of carbonyl (C=O) groups excluding carboxylic acids is 1. The molecule has 8 heteroatoms. The summed E-state index contributed by atoms with van der Waals surface area (Å²) in [5.41, 5.74) is 2.81. The SMILES string of the molecule is Cc1c(CC(=O)NC(C(=O)O)C(C)C)c(=O)oc2cc3occ(-c4ccc(Cl)cc4)c3cc12. The van der Waals surface area contributed by atoms with Gasteiger partial charge in [-0.3, -0.25) is 4.79 Å². The Hall–Kier alpha value is -3.58. The van der Waals surface area contributed by atoms with E-state index in [1.165, 1.54) is 0 Å². The fourth-order valence-corrected chi connectivity index (χ4v) is 3.99. The molecule has 0 bridgehead atoms. The minimum atomic E-state index is -1.13. The van der Waals surface area contributed by atoms with E-state index in [9.17, 15) is 19.5 Å². The first kappa shape index (κ1) is 22.6. The van der Waals surface area contributed by atoms with Crippen molar-refractivity contribution in [2.24, 2.45) is 5.92 Å². The van der Waals surface area contributed by atoms with Gasteiger partial charge in [-0.15, -0.1) is 0 Å². The molecule has 1 unspecified atom stereocenters. The van der Waals surface area contributed by atoms with Gasteiger partial charge in [0.2, 0.25) is 5.91 Å². The normalized spacial score (nSPS) is 12.4. The lowest BCUT2D eigenvalue weighted by Crippen LogP contribution is -2.45. The summed E-state index contributed by atoms with van der Waals surface area (Å²) in [6.45, 7) is 5.14. The second-order valence-corrected chi connectivity index (χ2v) is 8.73. The molecule has 4 rings (SSSR count). The van der Waals surface area contributed by atoms with Crippen LogP contribution in [-0.4, -0.2) is 23.0 Å². The molecule has 0 aliphatic carbocycles. The van der Waals surface area contributed by atoms with Gasteiger partial charge in [-0.05, 0) is 42.2 Å². The fraction of sp³-hybridized carbons (Fsp3) is 0.240. The topological polar surface area (TPSA) is 110 Å². The van der Waals surface area contributed by atoms with Gasteiger partial charge in [-0.1, -0.05) is 37.6 Å². The van der Waals surface area contributed by atoms with Gasteiger partial charge in [0.05, 0.1) is 18.2 Å². The van der Waals surface area contributed by atoms with Crippen LogP contribution in [0.1, 0.15) is 25.0 Å². The number of fused-ring (bicyclic) bond motifs is 2. The number of hydrogen-bond donors (Lipinski definition) is 2. The highest BCUT2D eigenvalue weighted by Crippen LogP contribution is 2.35. The Labute approximate surface area is 194 Å². The largest absolute Gasteiger partial charge is 0.480 e. The Morgan fingerprint density at radius 3 is 2.42 bits per heavy atom. The van der Waals surface area contributed by atoms with Crippen molar-refractivity contribution in [3.63, 3.8) is 0 Å². The van der Waals surface area contributed by atoms with Gasteiger partial charge in [-0.25, -0.2) is 9.59 Å². The Balaban J connectivity index is 1.76. The molecule has 0 fully saturated rings. The average molecular weight is 468 g/mol. The maximum absolute atomic E-state index is 12.6. The first-order valence-corrected chi connectivity index (χ1v) is 10.8. The summed E-state index contributed by atoms with van der Waals surface area (Å²) in [7, 11) is 0. The number of carboxylic acid groups (broad SMARTS) is 1. The molecule has 2 N–H and O–H groups in total. The molecule has 7 nitrogen and oxygen atoms in total. The van der Waals surface area contributed by atoms with Crippen molar-refractivity contribution in [1.29, 1.82) is 0 Å². The zero-order chi connectivity index (χ0) is 23.9. The van der Waals surface area contributed by atoms with E-state index in [2.05, 4.69) is 5.32 Å². The van der Waals surface area contributed by atoms with E-state index in [1.54, 1.807) is 45.2 Å². The minimum absolute atomic E-state index is 0.184. The van der Waals surface area contributed by atoms with Crippen molar-refractivity contribution in [3.05, 3.63) is 69.2 Å². The van der Waals surface area contributed by atoms with Crippen LogP contribution < -0.4 is 10.9 Å². The quantitative estimate of drug-likeness (QED) is 0.389. The van der Waals surface area contributed by atoms with Crippen molar-refractivity contribution in [1.82, 2.24) is 5.32 Å². The second kappa shape index (κ2) is 8.75. The van der Waals surface area contributed by atoms with Crippen molar-refractivity contribution >= 4 is 45.4 Å². The summed E-state index contributed by atoms with van der Waals surface area (Å²) >= 11 is 6.00. The Morgan fingerprint density at radius 2 is 1.79 bits per heavy atom. The smallest absolute Gasteiger partial charge is 0.340 e. The van der Waals surface area contributed by atoms with Crippen molar-refractivity contribution in [2.45, 2.75) is 33.2 Å². The molecule has 0 radical (unpaired) electrons.